The van der Waals surface area contributed by atoms with Crippen molar-refractivity contribution in [2.45, 2.75) is 36.2 Å². The molecule has 3 heterocycles. The van der Waals surface area contributed by atoms with Crippen LogP contribution in [0.1, 0.15) is 30.1 Å². The summed E-state index contributed by atoms with van der Waals surface area (Å²) in [6.07, 6.45) is 5.61. The SMILES string of the molecule is O=S(=O)(c1ccc(-c2cccc(Cl)c2)cc1)N1C2CCC1c1cncnc1C2. The molecule has 2 atom stereocenters. The number of rotatable bonds is 3. The zero-order chi connectivity index (χ0) is 19.3. The van der Waals surface area contributed by atoms with Crippen LogP contribution < -0.4 is 0 Å². The monoisotopic (exact) mass is 411 g/mol. The average Bonchev–Trinajstić information content (AvgIpc) is 3.04. The van der Waals surface area contributed by atoms with Crippen LogP contribution in [0.15, 0.2) is 66.0 Å². The van der Waals surface area contributed by atoms with Crippen molar-refractivity contribution in [1.29, 1.82) is 0 Å². The average molecular weight is 412 g/mol. The van der Waals surface area contributed by atoms with Crippen molar-refractivity contribution in [3.63, 3.8) is 0 Å². The Balaban J connectivity index is 1.50. The van der Waals surface area contributed by atoms with E-state index in [9.17, 15) is 8.42 Å². The summed E-state index contributed by atoms with van der Waals surface area (Å²) in [5.74, 6) is 0. The summed E-state index contributed by atoms with van der Waals surface area (Å²) < 4.78 is 28.5. The first-order valence-corrected chi connectivity index (χ1v) is 11.0. The Morgan fingerprint density at radius 3 is 2.64 bits per heavy atom. The van der Waals surface area contributed by atoms with Gasteiger partial charge in [-0.05, 0) is 48.2 Å². The second-order valence-electron chi connectivity index (χ2n) is 7.25. The van der Waals surface area contributed by atoms with Crippen LogP contribution in [-0.2, 0) is 16.4 Å². The van der Waals surface area contributed by atoms with Crippen molar-refractivity contribution in [3.05, 3.63) is 77.3 Å². The first kappa shape index (κ1) is 17.8. The van der Waals surface area contributed by atoms with E-state index < -0.39 is 10.0 Å². The molecule has 7 heteroatoms. The van der Waals surface area contributed by atoms with Gasteiger partial charge in [0, 0.05) is 29.2 Å². The van der Waals surface area contributed by atoms with Gasteiger partial charge in [0.25, 0.3) is 0 Å². The standard InChI is InChI=1S/C21H18ClN3O2S/c22-16-3-1-2-15(10-16)14-4-7-18(8-5-14)28(26,27)25-17-6-9-21(25)19-12-23-13-24-20(19)11-17/h1-5,7-8,10,12-13,17,21H,6,9,11H2. The van der Waals surface area contributed by atoms with Gasteiger partial charge >= 0.3 is 0 Å². The zero-order valence-electron chi connectivity index (χ0n) is 15.0. The van der Waals surface area contributed by atoms with Gasteiger partial charge in [-0.3, -0.25) is 0 Å². The highest BCUT2D eigenvalue weighted by Gasteiger charge is 2.47. The molecular weight excluding hydrogens is 394 g/mol. The molecule has 0 saturated carbocycles. The summed E-state index contributed by atoms with van der Waals surface area (Å²) in [4.78, 5) is 8.79. The lowest BCUT2D eigenvalue weighted by atomic mass is 10.0. The van der Waals surface area contributed by atoms with Gasteiger partial charge in [0.15, 0.2) is 0 Å². The highest BCUT2D eigenvalue weighted by molar-refractivity contribution is 7.89. The van der Waals surface area contributed by atoms with Crippen LogP contribution in [0.4, 0.5) is 0 Å². The summed E-state index contributed by atoms with van der Waals surface area (Å²) in [6, 6.07) is 14.3. The summed E-state index contributed by atoms with van der Waals surface area (Å²) >= 11 is 6.07. The van der Waals surface area contributed by atoms with Crippen LogP contribution in [0.25, 0.3) is 11.1 Å². The van der Waals surface area contributed by atoms with Crippen LogP contribution in [0.5, 0.6) is 0 Å². The van der Waals surface area contributed by atoms with Gasteiger partial charge in [0.05, 0.1) is 16.6 Å². The highest BCUT2D eigenvalue weighted by Crippen LogP contribution is 2.45. The second kappa shape index (κ2) is 6.65. The third-order valence-corrected chi connectivity index (χ3v) is 7.85. The van der Waals surface area contributed by atoms with E-state index >= 15 is 0 Å². The van der Waals surface area contributed by atoms with Gasteiger partial charge in [0.2, 0.25) is 10.0 Å². The molecule has 2 aromatic carbocycles. The Kier molecular flexibility index (Phi) is 4.23. The normalized spacial score (nSPS) is 21.5. The van der Waals surface area contributed by atoms with E-state index in [2.05, 4.69) is 9.97 Å². The minimum atomic E-state index is -3.60. The predicted molar refractivity (Wildman–Crippen MR) is 107 cm³/mol. The molecule has 2 aliphatic rings. The van der Waals surface area contributed by atoms with E-state index in [0.717, 1.165) is 35.2 Å². The van der Waals surface area contributed by atoms with Crippen LogP contribution >= 0.6 is 11.6 Å². The minimum Gasteiger partial charge on any atom is -0.244 e. The number of halogens is 1. The van der Waals surface area contributed by atoms with Crippen molar-refractivity contribution in [2.75, 3.05) is 0 Å². The number of nitrogens with zero attached hydrogens (tertiary/aromatic N) is 3. The van der Waals surface area contributed by atoms with E-state index in [1.807, 2.05) is 36.4 Å². The fraction of sp³-hybridized carbons (Fsp3) is 0.238. The third kappa shape index (κ3) is 2.83. The number of hydrogen-bond donors (Lipinski definition) is 0. The van der Waals surface area contributed by atoms with E-state index in [1.54, 1.807) is 22.6 Å². The van der Waals surface area contributed by atoms with Crippen molar-refractivity contribution < 1.29 is 8.42 Å². The number of sulfonamides is 1. The predicted octanol–water partition coefficient (Wildman–Crippen LogP) is 4.25. The maximum absolute atomic E-state index is 13.4. The van der Waals surface area contributed by atoms with Crippen LogP contribution in [-0.4, -0.2) is 28.7 Å². The maximum Gasteiger partial charge on any atom is 0.243 e. The maximum atomic E-state index is 13.4. The van der Waals surface area contributed by atoms with Crippen molar-refractivity contribution in [2.24, 2.45) is 0 Å². The van der Waals surface area contributed by atoms with Crippen molar-refractivity contribution >= 4 is 21.6 Å². The lowest BCUT2D eigenvalue weighted by Gasteiger charge is -2.34. The molecule has 5 nitrogen and oxygen atoms in total. The molecule has 0 N–H and O–H groups in total. The Hall–Kier alpha value is -2.28. The molecule has 0 aliphatic carbocycles. The van der Waals surface area contributed by atoms with Crippen LogP contribution in [0.2, 0.25) is 5.02 Å². The Morgan fingerprint density at radius 1 is 1.04 bits per heavy atom. The molecule has 0 amide bonds. The van der Waals surface area contributed by atoms with Gasteiger partial charge in [-0.15, -0.1) is 0 Å². The molecule has 1 saturated heterocycles. The number of benzene rings is 2. The molecule has 0 spiro atoms. The molecule has 28 heavy (non-hydrogen) atoms. The third-order valence-electron chi connectivity index (χ3n) is 5.64. The minimum absolute atomic E-state index is 0.0370. The number of aromatic nitrogens is 2. The van der Waals surface area contributed by atoms with E-state index in [4.69, 9.17) is 11.6 Å². The van der Waals surface area contributed by atoms with Gasteiger partial charge < -0.3 is 0 Å². The van der Waals surface area contributed by atoms with Gasteiger partial charge in [0.1, 0.15) is 6.33 Å². The Morgan fingerprint density at radius 2 is 1.86 bits per heavy atom. The first-order chi connectivity index (χ1) is 13.5. The molecule has 1 aromatic heterocycles. The van der Waals surface area contributed by atoms with Crippen LogP contribution in [0.3, 0.4) is 0 Å². The molecule has 2 unspecified atom stereocenters. The summed E-state index contributed by atoms with van der Waals surface area (Å²) in [5, 5.41) is 0.653. The fourth-order valence-electron chi connectivity index (χ4n) is 4.35. The van der Waals surface area contributed by atoms with Gasteiger partial charge in [-0.2, -0.15) is 4.31 Å². The van der Waals surface area contributed by atoms with E-state index in [-0.39, 0.29) is 12.1 Å². The topological polar surface area (TPSA) is 63.2 Å². The Bertz CT molecular complexity index is 1150. The fourth-order valence-corrected chi connectivity index (χ4v) is 6.39. The molecule has 142 valence electrons. The Labute approximate surface area is 169 Å². The molecule has 5 rings (SSSR count). The van der Waals surface area contributed by atoms with E-state index in [0.29, 0.717) is 16.3 Å². The van der Waals surface area contributed by atoms with Gasteiger partial charge in [-0.1, -0.05) is 35.9 Å². The molecule has 3 aromatic rings. The molecule has 2 aliphatic heterocycles. The smallest absolute Gasteiger partial charge is 0.243 e. The molecule has 1 fully saturated rings. The summed E-state index contributed by atoms with van der Waals surface area (Å²) in [7, 11) is -3.60. The quantitative estimate of drug-likeness (QED) is 0.646. The first-order valence-electron chi connectivity index (χ1n) is 9.22. The largest absolute Gasteiger partial charge is 0.244 e. The van der Waals surface area contributed by atoms with Crippen molar-refractivity contribution in [3.8, 4) is 11.1 Å². The number of fused-ring (bicyclic) bond motifs is 4. The summed E-state index contributed by atoms with van der Waals surface area (Å²) in [5.41, 5.74) is 3.81. The lowest BCUT2D eigenvalue weighted by Crippen LogP contribution is -2.42. The van der Waals surface area contributed by atoms with E-state index in [1.165, 1.54) is 6.33 Å². The number of hydrogen-bond acceptors (Lipinski definition) is 4. The van der Waals surface area contributed by atoms with Crippen molar-refractivity contribution in [1.82, 2.24) is 14.3 Å². The molecule has 0 radical (unpaired) electrons. The zero-order valence-corrected chi connectivity index (χ0v) is 16.6. The highest BCUT2D eigenvalue weighted by atomic mass is 35.5. The summed E-state index contributed by atoms with van der Waals surface area (Å²) in [6.45, 7) is 0. The molecular formula is C21H18ClN3O2S. The molecule has 2 bridgehead atoms. The van der Waals surface area contributed by atoms with Gasteiger partial charge in [-0.25, -0.2) is 18.4 Å². The lowest BCUT2D eigenvalue weighted by molar-refractivity contribution is 0.300. The second-order valence-corrected chi connectivity index (χ2v) is 9.53. The van der Waals surface area contributed by atoms with Crippen LogP contribution in [0, 0.1) is 0 Å².